The maximum atomic E-state index is 12.2. The standard InChI is InChI=1S/C19H30N4O5/c1-11(2)17(21)19(26)22-12(3)18(25)23-15-7-5-14(6-8-15)9-27-13(4)28-10-16(20)24/h5-8,11-13,17H,9-10,21H2,1-4H3,(H2,20,24)(H,22,26)(H,23,25)/t12-,13?,17-/m0/s1. The summed E-state index contributed by atoms with van der Waals surface area (Å²) in [6.07, 6.45) is -0.575. The molecular weight excluding hydrogens is 364 g/mol. The highest BCUT2D eigenvalue weighted by atomic mass is 16.7. The van der Waals surface area contributed by atoms with Gasteiger partial charge in [-0.2, -0.15) is 0 Å². The molecular formula is C19H30N4O5. The molecule has 0 spiro atoms. The summed E-state index contributed by atoms with van der Waals surface area (Å²) in [7, 11) is 0. The van der Waals surface area contributed by atoms with Crippen molar-refractivity contribution in [3.63, 3.8) is 0 Å². The van der Waals surface area contributed by atoms with E-state index in [1.807, 2.05) is 13.8 Å². The summed E-state index contributed by atoms with van der Waals surface area (Å²) in [5.41, 5.74) is 12.2. The molecule has 156 valence electrons. The highest BCUT2D eigenvalue weighted by Crippen LogP contribution is 2.12. The van der Waals surface area contributed by atoms with Gasteiger partial charge in [0.2, 0.25) is 17.7 Å². The molecule has 0 heterocycles. The molecule has 0 saturated carbocycles. The fourth-order valence-corrected chi connectivity index (χ4v) is 2.07. The lowest BCUT2D eigenvalue weighted by molar-refractivity contribution is -0.152. The minimum atomic E-state index is -0.719. The third kappa shape index (κ3) is 8.47. The average molecular weight is 394 g/mol. The number of ether oxygens (including phenoxy) is 2. The third-order valence-corrected chi connectivity index (χ3v) is 3.94. The number of amides is 3. The van der Waals surface area contributed by atoms with Gasteiger partial charge >= 0.3 is 0 Å². The number of primary amides is 1. The Hall–Kier alpha value is -2.49. The normalized spacial score (nSPS) is 14.2. The zero-order valence-electron chi connectivity index (χ0n) is 16.7. The summed E-state index contributed by atoms with van der Waals surface area (Å²) < 4.78 is 10.5. The van der Waals surface area contributed by atoms with E-state index in [-0.39, 0.29) is 30.9 Å². The molecule has 1 unspecified atom stereocenters. The van der Waals surface area contributed by atoms with Crippen molar-refractivity contribution in [2.45, 2.75) is 52.7 Å². The zero-order valence-corrected chi connectivity index (χ0v) is 16.7. The molecule has 3 atom stereocenters. The summed E-state index contributed by atoms with van der Waals surface area (Å²) >= 11 is 0. The van der Waals surface area contributed by atoms with Crippen LogP contribution in [-0.2, 0) is 30.5 Å². The van der Waals surface area contributed by atoms with Crippen molar-refractivity contribution in [1.29, 1.82) is 0 Å². The van der Waals surface area contributed by atoms with Crippen molar-refractivity contribution >= 4 is 23.4 Å². The first kappa shape index (κ1) is 23.5. The van der Waals surface area contributed by atoms with Crippen LogP contribution in [0.15, 0.2) is 24.3 Å². The Labute approximate surface area is 165 Å². The molecule has 6 N–H and O–H groups in total. The van der Waals surface area contributed by atoms with Gasteiger partial charge in [0, 0.05) is 5.69 Å². The van der Waals surface area contributed by atoms with Crippen LogP contribution in [0.3, 0.4) is 0 Å². The maximum absolute atomic E-state index is 12.2. The van der Waals surface area contributed by atoms with Gasteiger partial charge in [-0.1, -0.05) is 26.0 Å². The Kier molecular flexibility index (Phi) is 9.57. The maximum Gasteiger partial charge on any atom is 0.246 e. The SMILES string of the molecule is CC(OCC(N)=O)OCc1ccc(NC(=O)[C@H](C)NC(=O)[C@@H](N)C(C)C)cc1. The van der Waals surface area contributed by atoms with Gasteiger partial charge < -0.3 is 31.6 Å². The van der Waals surface area contributed by atoms with Crippen molar-refractivity contribution in [1.82, 2.24) is 5.32 Å². The number of nitrogens with two attached hydrogens (primary N) is 2. The second-order valence-electron chi connectivity index (χ2n) is 6.84. The molecule has 28 heavy (non-hydrogen) atoms. The van der Waals surface area contributed by atoms with Crippen LogP contribution in [-0.4, -0.2) is 42.7 Å². The van der Waals surface area contributed by atoms with Gasteiger partial charge in [-0.05, 0) is 37.5 Å². The molecule has 9 nitrogen and oxygen atoms in total. The summed E-state index contributed by atoms with van der Waals surface area (Å²) in [6.45, 7) is 7.00. The largest absolute Gasteiger partial charge is 0.368 e. The fraction of sp³-hybridized carbons (Fsp3) is 0.526. The van der Waals surface area contributed by atoms with Gasteiger partial charge in [0.15, 0.2) is 6.29 Å². The first-order chi connectivity index (χ1) is 13.1. The Bertz CT molecular complexity index is 663. The van der Waals surface area contributed by atoms with Crippen LogP contribution in [0.1, 0.15) is 33.3 Å². The molecule has 0 aromatic heterocycles. The van der Waals surface area contributed by atoms with Crippen molar-refractivity contribution in [3.05, 3.63) is 29.8 Å². The quantitative estimate of drug-likeness (QED) is 0.402. The molecule has 0 saturated heterocycles. The Morgan fingerprint density at radius 1 is 1.00 bits per heavy atom. The van der Waals surface area contributed by atoms with E-state index in [0.717, 1.165) is 5.56 Å². The monoisotopic (exact) mass is 394 g/mol. The van der Waals surface area contributed by atoms with Crippen LogP contribution in [0.2, 0.25) is 0 Å². The number of rotatable bonds is 11. The van der Waals surface area contributed by atoms with Crippen LogP contribution >= 0.6 is 0 Å². The molecule has 0 aliphatic rings. The van der Waals surface area contributed by atoms with Gasteiger partial charge in [0.1, 0.15) is 12.6 Å². The van der Waals surface area contributed by atoms with E-state index in [2.05, 4.69) is 10.6 Å². The number of hydrogen-bond acceptors (Lipinski definition) is 6. The number of nitrogens with one attached hydrogen (secondary N) is 2. The van der Waals surface area contributed by atoms with Gasteiger partial charge in [0.25, 0.3) is 0 Å². The van der Waals surface area contributed by atoms with Crippen molar-refractivity contribution in [2.75, 3.05) is 11.9 Å². The predicted molar refractivity (Wildman–Crippen MR) is 105 cm³/mol. The zero-order chi connectivity index (χ0) is 21.3. The van der Waals surface area contributed by atoms with E-state index >= 15 is 0 Å². The van der Waals surface area contributed by atoms with Crippen LogP contribution in [0.5, 0.6) is 0 Å². The molecule has 0 bridgehead atoms. The summed E-state index contributed by atoms with van der Waals surface area (Å²) in [5.74, 6) is -1.29. The summed E-state index contributed by atoms with van der Waals surface area (Å²) in [6, 6.07) is 5.63. The minimum Gasteiger partial charge on any atom is -0.368 e. The number of anilines is 1. The molecule has 1 rings (SSSR count). The second kappa shape index (κ2) is 11.4. The first-order valence-corrected chi connectivity index (χ1v) is 9.07. The number of carbonyl (C=O) groups is 3. The van der Waals surface area contributed by atoms with Crippen LogP contribution in [0, 0.1) is 5.92 Å². The average Bonchev–Trinajstić information content (AvgIpc) is 2.64. The van der Waals surface area contributed by atoms with E-state index in [1.54, 1.807) is 38.1 Å². The molecule has 1 aromatic carbocycles. The molecule has 3 amide bonds. The number of hydrogen-bond donors (Lipinski definition) is 4. The predicted octanol–water partition coefficient (Wildman–Crippen LogP) is 0.478. The van der Waals surface area contributed by atoms with E-state index < -0.39 is 24.3 Å². The molecule has 9 heteroatoms. The third-order valence-electron chi connectivity index (χ3n) is 3.94. The van der Waals surface area contributed by atoms with E-state index in [9.17, 15) is 14.4 Å². The van der Waals surface area contributed by atoms with E-state index in [0.29, 0.717) is 5.69 Å². The Balaban J connectivity index is 2.47. The van der Waals surface area contributed by atoms with Gasteiger partial charge in [-0.25, -0.2) is 0 Å². The van der Waals surface area contributed by atoms with Gasteiger partial charge in [-0.15, -0.1) is 0 Å². The van der Waals surface area contributed by atoms with Crippen LogP contribution in [0.25, 0.3) is 0 Å². The molecule has 0 radical (unpaired) electrons. The topological polar surface area (TPSA) is 146 Å². The minimum absolute atomic E-state index is 0.0195. The summed E-state index contributed by atoms with van der Waals surface area (Å²) in [4.78, 5) is 34.8. The Morgan fingerprint density at radius 3 is 2.14 bits per heavy atom. The first-order valence-electron chi connectivity index (χ1n) is 9.07. The van der Waals surface area contributed by atoms with Crippen LogP contribution in [0.4, 0.5) is 5.69 Å². The lowest BCUT2D eigenvalue weighted by Crippen LogP contribution is -2.50. The van der Waals surface area contributed by atoms with Gasteiger partial charge in [0.05, 0.1) is 12.6 Å². The highest BCUT2D eigenvalue weighted by molar-refractivity contribution is 5.97. The van der Waals surface area contributed by atoms with Crippen LogP contribution < -0.4 is 22.1 Å². The second-order valence-corrected chi connectivity index (χ2v) is 6.84. The number of carbonyl (C=O) groups excluding carboxylic acids is 3. The van der Waals surface area contributed by atoms with E-state index in [1.165, 1.54) is 0 Å². The Morgan fingerprint density at radius 2 is 1.61 bits per heavy atom. The molecule has 1 aromatic rings. The smallest absolute Gasteiger partial charge is 0.246 e. The van der Waals surface area contributed by atoms with Crippen molar-refractivity contribution < 1.29 is 23.9 Å². The molecule has 0 aliphatic heterocycles. The van der Waals surface area contributed by atoms with Gasteiger partial charge in [-0.3, -0.25) is 14.4 Å². The highest BCUT2D eigenvalue weighted by Gasteiger charge is 2.22. The fourth-order valence-electron chi connectivity index (χ4n) is 2.07. The van der Waals surface area contributed by atoms with Crippen molar-refractivity contribution in [2.24, 2.45) is 17.4 Å². The summed E-state index contributed by atoms with van der Waals surface area (Å²) in [5, 5.41) is 5.33. The molecule has 0 fully saturated rings. The van der Waals surface area contributed by atoms with Crippen molar-refractivity contribution in [3.8, 4) is 0 Å². The lowest BCUT2D eigenvalue weighted by Gasteiger charge is -2.19. The number of benzene rings is 1. The molecule has 0 aliphatic carbocycles. The lowest BCUT2D eigenvalue weighted by atomic mass is 10.0. The van der Waals surface area contributed by atoms with E-state index in [4.69, 9.17) is 20.9 Å².